The molecule has 3 aromatic heterocycles. The van der Waals surface area contributed by atoms with Gasteiger partial charge in [0.2, 0.25) is 5.92 Å². The summed E-state index contributed by atoms with van der Waals surface area (Å²) in [6.45, 7) is 13.7. The van der Waals surface area contributed by atoms with Crippen molar-refractivity contribution in [2.24, 2.45) is 11.8 Å². The molecule has 0 aliphatic heterocycles. The first-order valence-corrected chi connectivity index (χ1v) is 15.1. The molecule has 0 radical (unpaired) electrons. The zero-order valence-corrected chi connectivity index (χ0v) is 25.1. The summed E-state index contributed by atoms with van der Waals surface area (Å²) in [6, 6.07) is 2.74. The molecule has 1 aliphatic carbocycles. The summed E-state index contributed by atoms with van der Waals surface area (Å²) in [5.74, 6) is -3.09. The largest absolute Gasteiger partial charge is 0.342 e. The third-order valence-corrected chi connectivity index (χ3v) is 8.99. The number of carbonyl (C=O) groups excluding carboxylic acids is 1. The van der Waals surface area contributed by atoms with Gasteiger partial charge in [-0.15, -0.1) is 0 Å². The van der Waals surface area contributed by atoms with Gasteiger partial charge in [-0.25, -0.2) is 27.2 Å². The monoisotopic (exact) mass is 577 g/mol. The van der Waals surface area contributed by atoms with E-state index in [1.54, 1.807) is 33.9 Å². The molecule has 9 nitrogen and oxygen atoms in total. The van der Waals surface area contributed by atoms with Crippen molar-refractivity contribution in [1.82, 2.24) is 34.4 Å². The number of carbonyl (C=O) groups is 1. The quantitative estimate of drug-likeness (QED) is 0.347. The van der Waals surface area contributed by atoms with Crippen LogP contribution in [-0.4, -0.2) is 45.2 Å². The van der Waals surface area contributed by atoms with Gasteiger partial charge in [-0.05, 0) is 77.0 Å². The van der Waals surface area contributed by atoms with Crippen LogP contribution < -0.4 is 10.0 Å². The molecule has 0 aromatic carbocycles. The summed E-state index contributed by atoms with van der Waals surface area (Å²) in [7, 11) is -1.28. The minimum Gasteiger partial charge on any atom is -0.342 e. The lowest BCUT2D eigenvalue weighted by Crippen LogP contribution is -2.38. The third-order valence-electron chi connectivity index (χ3n) is 7.41. The Kier molecular flexibility index (Phi) is 8.79. The maximum atomic E-state index is 14.0. The number of rotatable bonds is 9. The minimum atomic E-state index is -2.69. The van der Waals surface area contributed by atoms with Crippen LogP contribution in [0.25, 0.3) is 5.65 Å². The van der Waals surface area contributed by atoms with Crippen molar-refractivity contribution in [2.45, 2.75) is 103 Å². The molecule has 3 aromatic rings. The molecule has 0 unspecified atom stereocenters. The zero-order valence-electron chi connectivity index (χ0n) is 24.3. The lowest BCUT2D eigenvalue weighted by Gasteiger charge is -2.33. The maximum absolute atomic E-state index is 14.0. The Morgan fingerprint density at radius 1 is 1.15 bits per heavy atom. The molecule has 4 rings (SSSR count). The molecule has 1 amide bonds. The van der Waals surface area contributed by atoms with Gasteiger partial charge < -0.3 is 5.32 Å². The summed E-state index contributed by atoms with van der Waals surface area (Å²) >= 11 is 0. The van der Waals surface area contributed by atoms with E-state index in [1.807, 2.05) is 54.5 Å². The number of hydrogen-bond acceptors (Lipinski definition) is 5. The van der Waals surface area contributed by atoms with Crippen molar-refractivity contribution < 1.29 is 17.8 Å². The Morgan fingerprint density at radius 3 is 2.42 bits per heavy atom. The normalized spacial score (nSPS) is 18.8. The molecule has 3 heterocycles. The molecule has 1 aliphatic rings. The highest BCUT2D eigenvalue weighted by atomic mass is 32.2. The number of nitrogens with zero attached hydrogens (tertiary/aromatic N) is 5. The van der Waals surface area contributed by atoms with Gasteiger partial charge in [-0.3, -0.25) is 9.48 Å². The average Bonchev–Trinajstić information content (AvgIpc) is 3.52. The zero-order chi connectivity index (χ0) is 29.4. The summed E-state index contributed by atoms with van der Waals surface area (Å²) < 4.78 is 47.0. The molecule has 0 spiro atoms. The number of nitrogens with one attached hydrogen (secondary N) is 2. The van der Waals surface area contributed by atoms with Crippen molar-refractivity contribution in [3.05, 3.63) is 47.7 Å². The smallest absolute Gasteiger partial charge is 0.270 e. The Bertz CT molecular complexity index is 1350. The van der Waals surface area contributed by atoms with Gasteiger partial charge in [0.25, 0.3) is 5.91 Å². The molecule has 0 bridgehead atoms. The van der Waals surface area contributed by atoms with Gasteiger partial charge in [-0.1, -0.05) is 13.8 Å². The van der Waals surface area contributed by atoms with E-state index in [2.05, 4.69) is 20.2 Å². The van der Waals surface area contributed by atoms with E-state index in [1.165, 1.54) is 0 Å². The highest BCUT2D eigenvalue weighted by molar-refractivity contribution is 7.84. The van der Waals surface area contributed by atoms with E-state index >= 15 is 0 Å². The van der Waals surface area contributed by atoms with Crippen molar-refractivity contribution in [1.29, 1.82) is 0 Å². The second-order valence-electron chi connectivity index (χ2n) is 12.4. The van der Waals surface area contributed by atoms with Gasteiger partial charge in [0, 0.05) is 31.1 Å². The lowest BCUT2D eigenvalue weighted by atomic mass is 9.81. The van der Waals surface area contributed by atoms with Gasteiger partial charge >= 0.3 is 0 Å². The van der Waals surface area contributed by atoms with Crippen LogP contribution in [0.15, 0.2) is 30.7 Å². The number of fused-ring (bicyclic) bond motifs is 1. The second kappa shape index (κ2) is 11.6. The van der Waals surface area contributed by atoms with E-state index in [4.69, 9.17) is 4.98 Å². The number of alkyl halides is 2. The molecular weight excluding hydrogens is 536 g/mol. The summed E-state index contributed by atoms with van der Waals surface area (Å²) in [5, 5.41) is 11.9. The van der Waals surface area contributed by atoms with Crippen LogP contribution in [-0.2, 0) is 11.0 Å². The first kappa shape index (κ1) is 30.2. The number of imidazole rings is 1. The Morgan fingerprint density at radius 2 is 1.82 bits per heavy atom. The molecule has 3 atom stereocenters. The Labute approximate surface area is 237 Å². The van der Waals surface area contributed by atoms with E-state index in [9.17, 15) is 17.8 Å². The minimum absolute atomic E-state index is 0.0180. The molecule has 40 heavy (non-hydrogen) atoms. The summed E-state index contributed by atoms with van der Waals surface area (Å²) in [4.78, 5) is 18.2. The van der Waals surface area contributed by atoms with Crippen LogP contribution in [0.2, 0.25) is 0 Å². The highest BCUT2D eigenvalue weighted by Gasteiger charge is 2.39. The Hall–Kier alpha value is -2.73. The maximum Gasteiger partial charge on any atom is 0.270 e. The number of amides is 1. The highest BCUT2D eigenvalue weighted by Crippen LogP contribution is 2.41. The van der Waals surface area contributed by atoms with Crippen molar-refractivity contribution in [3.8, 4) is 0 Å². The van der Waals surface area contributed by atoms with Crippen LogP contribution in [0.4, 0.5) is 8.78 Å². The van der Waals surface area contributed by atoms with Crippen LogP contribution in [0, 0.1) is 11.8 Å². The SMILES string of the molecule is CC(C)[C@@H](N[S@@](=O)C(C)(C)C)c1cnn2cc([C@@H](NC(=O)c3ccnn3C(C)C)C3CCC(F)(F)CC3)nc2c1. The standard InChI is InChI=1S/C28H41F2N7O2S/c1-17(2)24(35-40(39)27(5,6)7)20-14-23-33-21(16-36(23)32-15-20)25(19-8-11-28(29,30)12-9-19)34-26(38)22-10-13-31-37(22)18(3)4/h10,13-19,24-25,35H,8-9,11-12H2,1-7H3,(H,34,38)/t24-,25+,40+/m1/s1. The van der Waals surface area contributed by atoms with Crippen LogP contribution in [0.1, 0.15) is 114 Å². The predicted molar refractivity (Wildman–Crippen MR) is 151 cm³/mol. The topological polar surface area (TPSA) is 106 Å². The van der Waals surface area contributed by atoms with Crippen LogP contribution in [0.3, 0.4) is 0 Å². The van der Waals surface area contributed by atoms with E-state index < -0.39 is 27.7 Å². The van der Waals surface area contributed by atoms with Crippen molar-refractivity contribution in [2.75, 3.05) is 0 Å². The van der Waals surface area contributed by atoms with E-state index in [-0.39, 0.29) is 55.5 Å². The van der Waals surface area contributed by atoms with Gasteiger partial charge in [-0.2, -0.15) is 10.2 Å². The molecule has 0 saturated heterocycles. The summed E-state index contributed by atoms with van der Waals surface area (Å²) in [5.41, 5.74) is 2.38. The third kappa shape index (κ3) is 6.76. The fourth-order valence-corrected chi connectivity index (χ4v) is 6.05. The molecule has 1 fully saturated rings. The lowest BCUT2D eigenvalue weighted by molar-refractivity contribution is -0.0495. The first-order chi connectivity index (χ1) is 18.7. The summed E-state index contributed by atoms with van der Waals surface area (Å²) in [6.07, 6.45) is 5.14. The molecule has 2 N–H and O–H groups in total. The van der Waals surface area contributed by atoms with Crippen LogP contribution >= 0.6 is 0 Å². The van der Waals surface area contributed by atoms with Crippen molar-refractivity contribution >= 4 is 22.5 Å². The second-order valence-corrected chi connectivity index (χ2v) is 14.4. The molecule has 1 saturated carbocycles. The molecular formula is C28H41F2N7O2S. The predicted octanol–water partition coefficient (Wildman–Crippen LogP) is 5.55. The molecule has 220 valence electrons. The number of halogens is 2. The fourth-order valence-electron chi connectivity index (χ4n) is 5.06. The number of aromatic nitrogens is 5. The number of hydrogen-bond donors (Lipinski definition) is 2. The molecule has 12 heteroatoms. The van der Waals surface area contributed by atoms with E-state index in [0.717, 1.165) is 5.56 Å². The van der Waals surface area contributed by atoms with E-state index in [0.29, 0.717) is 17.0 Å². The van der Waals surface area contributed by atoms with Crippen LogP contribution in [0.5, 0.6) is 0 Å². The Balaban J connectivity index is 1.67. The van der Waals surface area contributed by atoms with Gasteiger partial charge in [0.05, 0.1) is 39.9 Å². The first-order valence-electron chi connectivity index (χ1n) is 13.9. The average molecular weight is 578 g/mol. The van der Waals surface area contributed by atoms with Crippen molar-refractivity contribution in [3.63, 3.8) is 0 Å². The fraction of sp³-hybridized carbons (Fsp3) is 0.643. The van der Waals surface area contributed by atoms with Gasteiger partial charge in [0.1, 0.15) is 5.69 Å². The van der Waals surface area contributed by atoms with Gasteiger partial charge in [0.15, 0.2) is 5.65 Å².